The van der Waals surface area contributed by atoms with E-state index in [0.717, 1.165) is 12.8 Å². The van der Waals surface area contributed by atoms with Crippen molar-refractivity contribution in [2.24, 2.45) is 5.92 Å². The number of hydrogen-bond donors (Lipinski definition) is 2. The number of morpholine rings is 1. The number of benzene rings is 2. The van der Waals surface area contributed by atoms with E-state index in [1.165, 1.54) is 28.1 Å². The Kier molecular flexibility index (Phi) is 9.20. The molecule has 2 N–H and O–H groups in total. The summed E-state index contributed by atoms with van der Waals surface area (Å²) < 4.78 is 32.4. The van der Waals surface area contributed by atoms with E-state index >= 15 is 0 Å². The second-order valence-electron chi connectivity index (χ2n) is 8.62. The van der Waals surface area contributed by atoms with Crippen molar-refractivity contribution in [3.63, 3.8) is 0 Å². The highest BCUT2D eigenvalue weighted by molar-refractivity contribution is 7.89. The topological polar surface area (TPSA) is 105 Å². The molecule has 184 valence electrons. The van der Waals surface area contributed by atoms with Crippen molar-refractivity contribution < 1.29 is 22.7 Å². The van der Waals surface area contributed by atoms with Gasteiger partial charge in [0.25, 0.3) is 5.91 Å². The van der Waals surface area contributed by atoms with Gasteiger partial charge < -0.3 is 15.4 Å². The molecule has 1 heterocycles. The van der Waals surface area contributed by atoms with Crippen LogP contribution in [0.15, 0.2) is 59.5 Å². The van der Waals surface area contributed by atoms with Gasteiger partial charge >= 0.3 is 0 Å². The molecule has 1 saturated heterocycles. The number of carbonyl (C=O) groups excluding carboxylic acids is 2. The van der Waals surface area contributed by atoms with Crippen LogP contribution in [0.1, 0.15) is 36.2 Å². The quantitative estimate of drug-likeness (QED) is 0.500. The SMILES string of the molecule is CC(C)[C@H](NC(=O)c1cccc(S(=O)(=O)N2CCOCC2)c1)C(=O)NCCCc1ccccc1. The lowest BCUT2D eigenvalue weighted by Crippen LogP contribution is -2.50. The van der Waals surface area contributed by atoms with E-state index in [-0.39, 0.29) is 35.4 Å². The van der Waals surface area contributed by atoms with E-state index in [1.54, 1.807) is 6.07 Å². The van der Waals surface area contributed by atoms with Crippen LogP contribution in [0.25, 0.3) is 0 Å². The zero-order chi connectivity index (χ0) is 24.6. The molecule has 2 aromatic rings. The highest BCUT2D eigenvalue weighted by atomic mass is 32.2. The van der Waals surface area contributed by atoms with E-state index in [4.69, 9.17) is 4.74 Å². The Bertz CT molecular complexity index is 1070. The van der Waals surface area contributed by atoms with Crippen molar-refractivity contribution in [2.45, 2.75) is 37.6 Å². The lowest BCUT2D eigenvalue weighted by Gasteiger charge is -2.26. The summed E-state index contributed by atoms with van der Waals surface area (Å²) in [7, 11) is -3.72. The molecule has 8 nitrogen and oxygen atoms in total. The molecule has 1 atom stereocenters. The van der Waals surface area contributed by atoms with Gasteiger partial charge in [0, 0.05) is 25.2 Å². The van der Waals surface area contributed by atoms with Gasteiger partial charge in [-0.2, -0.15) is 4.31 Å². The largest absolute Gasteiger partial charge is 0.379 e. The molecule has 0 radical (unpaired) electrons. The number of sulfonamides is 1. The average Bonchev–Trinajstić information content (AvgIpc) is 2.86. The first-order valence-corrected chi connectivity index (χ1v) is 13.0. The van der Waals surface area contributed by atoms with Crippen LogP contribution in [0.5, 0.6) is 0 Å². The van der Waals surface area contributed by atoms with E-state index in [0.29, 0.717) is 19.8 Å². The van der Waals surface area contributed by atoms with Gasteiger partial charge in [-0.3, -0.25) is 9.59 Å². The van der Waals surface area contributed by atoms with Crippen LogP contribution >= 0.6 is 0 Å². The molecule has 1 aliphatic heterocycles. The standard InChI is InChI=1S/C25H33N3O5S/c1-19(2)23(25(30)26-13-7-10-20-8-4-3-5-9-20)27-24(29)21-11-6-12-22(18-21)34(31,32)28-14-16-33-17-15-28/h3-6,8-9,11-12,18-19,23H,7,10,13-17H2,1-2H3,(H,26,30)(H,27,29)/t23-/m0/s1. The predicted molar refractivity (Wildman–Crippen MR) is 130 cm³/mol. The number of aryl methyl sites for hydroxylation is 1. The second-order valence-corrected chi connectivity index (χ2v) is 10.6. The van der Waals surface area contributed by atoms with Crippen LogP contribution in [0, 0.1) is 5.92 Å². The van der Waals surface area contributed by atoms with Crippen LogP contribution in [0.3, 0.4) is 0 Å². The van der Waals surface area contributed by atoms with Crippen LogP contribution in [0.2, 0.25) is 0 Å². The third-order valence-electron chi connectivity index (χ3n) is 5.72. The normalized spacial score (nSPS) is 15.6. The van der Waals surface area contributed by atoms with Crippen LogP contribution in [-0.4, -0.2) is 63.4 Å². The minimum Gasteiger partial charge on any atom is -0.379 e. The van der Waals surface area contributed by atoms with Crippen LogP contribution in [0.4, 0.5) is 0 Å². The smallest absolute Gasteiger partial charge is 0.251 e. The first-order chi connectivity index (χ1) is 16.3. The van der Waals surface area contributed by atoms with Gasteiger partial charge in [-0.05, 0) is 42.5 Å². The predicted octanol–water partition coefficient (Wildman–Crippen LogP) is 2.21. The van der Waals surface area contributed by atoms with Crippen molar-refractivity contribution in [3.05, 3.63) is 65.7 Å². The molecule has 0 aromatic heterocycles. The molecule has 0 unspecified atom stereocenters. The van der Waals surface area contributed by atoms with Crippen molar-refractivity contribution in [1.82, 2.24) is 14.9 Å². The molecule has 0 bridgehead atoms. The summed E-state index contributed by atoms with van der Waals surface area (Å²) >= 11 is 0. The minimum absolute atomic E-state index is 0.0495. The number of nitrogens with zero attached hydrogens (tertiary/aromatic N) is 1. The Morgan fingerprint density at radius 3 is 2.41 bits per heavy atom. The first-order valence-electron chi connectivity index (χ1n) is 11.6. The number of amides is 2. The zero-order valence-corrected chi connectivity index (χ0v) is 20.5. The van der Waals surface area contributed by atoms with E-state index in [9.17, 15) is 18.0 Å². The summed E-state index contributed by atoms with van der Waals surface area (Å²) in [6, 6.07) is 15.2. The highest BCUT2D eigenvalue weighted by Crippen LogP contribution is 2.18. The van der Waals surface area contributed by atoms with E-state index < -0.39 is 22.0 Å². The molecule has 34 heavy (non-hydrogen) atoms. The first kappa shape index (κ1) is 25.9. The van der Waals surface area contributed by atoms with Gasteiger partial charge in [-0.15, -0.1) is 0 Å². The second kappa shape index (κ2) is 12.1. The number of rotatable bonds is 10. The monoisotopic (exact) mass is 487 g/mol. The molecule has 9 heteroatoms. The van der Waals surface area contributed by atoms with Crippen LogP contribution < -0.4 is 10.6 Å². The van der Waals surface area contributed by atoms with Gasteiger partial charge in [-0.1, -0.05) is 50.2 Å². The number of carbonyl (C=O) groups is 2. The van der Waals surface area contributed by atoms with Crippen molar-refractivity contribution in [3.8, 4) is 0 Å². The fourth-order valence-electron chi connectivity index (χ4n) is 3.75. The fraction of sp³-hybridized carbons (Fsp3) is 0.440. The highest BCUT2D eigenvalue weighted by Gasteiger charge is 2.28. The number of ether oxygens (including phenoxy) is 1. The number of hydrogen-bond acceptors (Lipinski definition) is 5. The molecule has 1 fully saturated rings. The maximum Gasteiger partial charge on any atom is 0.251 e. The number of nitrogens with one attached hydrogen (secondary N) is 2. The molecule has 0 saturated carbocycles. The summed E-state index contributed by atoms with van der Waals surface area (Å²) in [5.41, 5.74) is 1.40. The maximum atomic E-state index is 12.9. The molecule has 2 amide bonds. The summed E-state index contributed by atoms with van der Waals surface area (Å²) in [6.07, 6.45) is 1.64. The van der Waals surface area contributed by atoms with Crippen LogP contribution in [-0.2, 0) is 26.0 Å². The summed E-state index contributed by atoms with van der Waals surface area (Å²) in [6.45, 7) is 5.45. The van der Waals surface area contributed by atoms with E-state index in [2.05, 4.69) is 10.6 Å². The molecule has 2 aromatic carbocycles. The Balaban J connectivity index is 1.60. The molecule has 0 spiro atoms. The molecule has 1 aliphatic rings. The third-order valence-corrected chi connectivity index (χ3v) is 7.62. The fourth-order valence-corrected chi connectivity index (χ4v) is 5.21. The van der Waals surface area contributed by atoms with Gasteiger partial charge in [0.15, 0.2) is 0 Å². The van der Waals surface area contributed by atoms with E-state index in [1.807, 2.05) is 44.2 Å². The lowest BCUT2D eigenvalue weighted by atomic mass is 10.0. The summed E-state index contributed by atoms with van der Waals surface area (Å²) in [4.78, 5) is 25.7. The Morgan fingerprint density at radius 1 is 1.03 bits per heavy atom. The van der Waals surface area contributed by atoms with Gasteiger partial charge in [-0.25, -0.2) is 8.42 Å². The average molecular weight is 488 g/mol. The Morgan fingerprint density at radius 2 is 1.74 bits per heavy atom. The Labute approximate surface area is 201 Å². The zero-order valence-electron chi connectivity index (χ0n) is 19.7. The minimum atomic E-state index is -3.72. The maximum absolute atomic E-state index is 12.9. The molecule has 0 aliphatic carbocycles. The van der Waals surface area contributed by atoms with Crippen molar-refractivity contribution >= 4 is 21.8 Å². The van der Waals surface area contributed by atoms with Crippen molar-refractivity contribution in [1.29, 1.82) is 0 Å². The summed E-state index contributed by atoms with van der Waals surface area (Å²) in [5, 5.41) is 5.67. The lowest BCUT2D eigenvalue weighted by molar-refractivity contribution is -0.123. The van der Waals surface area contributed by atoms with Gasteiger partial charge in [0.05, 0.1) is 18.1 Å². The summed E-state index contributed by atoms with van der Waals surface area (Å²) in [5.74, 6) is -0.885. The Hall–Kier alpha value is -2.75. The van der Waals surface area contributed by atoms with Gasteiger partial charge in [0.1, 0.15) is 6.04 Å². The molecular formula is C25H33N3O5S. The van der Waals surface area contributed by atoms with Gasteiger partial charge in [0.2, 0.25) is 15.9 Å². The molecular weight excluding hydrogens is 454 g/mol. The van der Waals surface area contributed by atoms with Crippen molar-refractivity contribution in [2.75, 3.05) is 32.8 Å². The molecule has 3 rings (SSSR count). The third kappa shape index (κ3) is 6.88.